The van der Waals surface area contributed by atoms with Crippen molar-refractivity contribution in [3.8, 4) is 0 Å². The summed E-state index contributed by atoms with van der Waals surface area (Å²) in [5.74, 6) is 0. The molecule has 0 atom stereocenters. The molecule has 0 amide bonds. The lowest BCUT2D eigenvalue weighted by Gasteiger charge is -2.08. The van der Waals surface area contributed by atoms with Crippen LogP contribution < -0.4 is 0 Å². The maximum absolute atomic E-state index is 11.6. The minimum absolute atomic E-state index is 0.0613. The highest BCUT2D eigenvalue weighted by Gasteiger charge is 2.28. The van der Waals surface area contributed by atoms with Crippen LogP contribution in [0.1, 0.15) is 0 Å². The molecule has 92 valence electrons. The smallest absolute Gasteiger partial charge is 0.258 e. The number of nitrogens with zero attached hydrogens (tertiary/aromatic N) is 3. The number of benzene rings is 1. The Bertz CT molecular complexity index is 551. The van der Waals surface area contributed by atoms with E-state index in [1.807, 2.05) is 0 Å². The molecule has 17 heavy (non-hydrogen) atoms. The number of nitro groups is 2. The topological polar surface area (TPSA) is 124 Å². The van der Waals surface area contributed by atoms with E-state index in [9.17, 15) is 28.6 Å². The highest BCUT2D eigenvalue weighted by atomic mass is 32.2. The lowest BCUT2D eigenvalue weighted by atomic mass is 10.3. The van der Waals surface area contributed by atoms with Crippen molar-refractivity contribution in [1.82, 2.24) is 4.41 Å². The number of hydrazine groups is 1. The summed E-state index contributed by atoms with van der Waals surface area (Å²) in [6.07, 6.45) is 0. The molecule has 0 bridgehead atoms. The van der Waals surface area contributed by atoms with Crippen molar-refractivity contribution in [2.24, 2.45) is 0 Å². The zero-order chi connectivity index (χ0) is 13.2. The van der Waals surface area contributed by atoms with E-state index in [-0.39, 0.29) is 15.0 Å². The Hall–Kier alpha value is -2.23. The normalized spacial score (nSPS) is 10.9. The van der Waals surface area contributed by atoms with Gasteiger partial charge >= 0.3 is 10.0 Å². The van der Waals surface area contributed by atoms with Crippen molar-refractivity contribution >= 4 is 15.7 Å². The Labute approximate surface area is 95.6 Å². The highest BCUT2D eigenvalue weighted by molar-refractivity contribution is 7.89. The number of hydrogen-bond acceptors (Lipinski definition) is 6. The number of sulfonamides is 1. The van der Waals surface area contributed by atoms with E-state index in [0.717, 1.165) is 31.3 Å². The molecule has 1 aromatic carbocycles. The lowest BCUT2D eigenvalue weighted by Crippen LogP contribution is -2.32. The Morgan fingerprint density at radius 2 is 1.59 bits per heavy atom. The highest BCUT2D eigenvalue weighted by Crippen LogP contribution is 2.18. The molecule has 0 aliphatic carbocycles. The summed E-state index contributed by atoms with van der Waals surface area (Å²) < 4.78 is 23.1. The van der Waals surface area contributed by atoms with Crippen molar-refractivity contribution in [2.75, 3.05) is 7.05 Å². The quantitative estimate of drug-likeness (QED) is 0.571. The molecule has 9 nitrogen and oxygen atoms in total. The molecule has 0 fully saturated rings. The summed E-state index contributed by atoms with van der Waals surface area (Å²) in [4.78, 5) is 19.6. The molecule has 1 rings (SSSR count). The Morgan fingerprint density at radius 3 is 1.94 bits per heavy atom. The van der Waals surface area contributed by atoms with Gasteiger partial charge < -0.3 is 0 Å². The number of rotatable bonds is 4. The molecule has 0 heterocycles. The number of nitro benzene ring substituents is 1. The van der Waals surface area contributed by atoms with Gasteiger partial charge in [-0.05, 0) is 16.5 Å². The summed E-state index contributed by atoms with van der Waals surface area (Å²) >= 11 is 0. The van der Waals surface area contributed by atoms with Gasteiger partial charge in [-0.1, -0.05) is 0 Å². The van der Waals surface area contributed by atoms with Crippen LogP contribution in [0.3, 0.4) is 0 Å². The van der Waals surface area contributed by atoms with Crippen LogP contribution in [0.5, 0.6) is 0 Å². The van der Waals surface area contributed by atoms with Gasteiger partial charge in [0.25, 0.3) is 5.69 Å². The van der Waals surface area contributed by atoms with Gasteiger partial charge in [-0.15, -0.1) is 0 Å². The fraction of sp³-hybridized carbons (Fsp3) is 0.143. The third-order valence-corrected chi connectivity index (χ3v) is 3.62. The summed E-state index contributed by atoms with van der Waals surface area (Å²) in [5, 5.41) is 19.6. The van der Waals surface area contributed by atoms with Gasteiger partial charge in [0.2, 0.25) is 0 Å². The third kappa shape index (κ3) is 2.47. The minimum Gasteiger partial charge on any atom is -0.258 e. The molecular weight excluding hydrogens is 254 g/mol. The fourth-order valence-corrected chi connectivity index (χ4v) is 1.94. The molecular formula is C7H7N3O6S. The van der Waals surface area contributed by atoms with Crippen molar-refractivity contribution < 1.29 is 18.4 Å². The molecule has 0 unspecified atom stereocenters. The number of hydrogen-bond donors (Lipinski definition) is 0. The molecule has 1 aromatic rings. The zero-order valence-electron chi connectivity index (χ0n) is 8.51. The van der Waals surface area contributed by atoms with Gasteiger partial charge in [0.05, 0.1) is 16.9 Å². The minimum atomic E-state index is -4.27. The lowest BCUT2D eigenvalue weighted by molar-refractivity contribution is -0.613. The largest absolute Gasteiger partial charge is 0.313 e. The second-order valence-electron chi connectivity index (χ2n) is 2.93. The SMILES string of the molecule is CN([N+](=O)[O-])S(=O)(=O)c1ccc([N+](=O)[O-])cc1. The summed E-state index contributed by atoms with van der Waals surface area (Å²) in [7, 11) is -3.49. The van der Waals surface area contributed by atoms with Gasteiger partial charge in [-0.25, -0.2) is 10.1 Å². The van der Waals surface area contributed by atoms with E-state index >= 15 is 0 Å². The second kappa shape index (κ2) is 4.33. The van der Waals surface area contributed by atoms with Gasteiger partial charge in [0.1, 0.15) is 0 Å². The zero-order valence-corrected chi connectivity index (χ0v) is 9.33. The Balaban J connectivity index is 3.17. The fourth-order valence-electron chi connectivity index (χ4n) is 0.980. The first-order valence-electron chi connectivity index (χ1n) is 4.14. The first-order chi connectivity index (χ1) is 7.76. The van der Waals surface area contributed by atoms with Crippen LogP contribution >= 0.6 is 0 Å². The standard InChI is InChI=1S/C7H7N3O6S/c1-8(10(13)14)17(15,16)7-4-2-6(3-5-7)9(11)12/h2-5H,1H3. The van der Waals surface area contributed by atoms with Crippen LogP contribution in [0.25, 0.3) is 0 Å². The molecule has 0 aliphatic rings. The predicted molar refractivity (Wildman–Crippen MR) is 55.0 cm³/mol. The second-order valence-corrected chi connectivity index (χ2v) is 4.88. The molecule has 0 N–H and O–H groups in total. The third-order valence-electron chi connectivity index (χ3n) is 1.92. The average Bonchev–Trinajstić information content (AvgIpc) is 2.27. The first-order valence-corrected chi connectivity index (χ1v) is 5.58. The van der Waals surface area contributed by atoms with E-state index in [0.29, 0.717) is 0 Å². The van der Waals surface area contributed by atoms with Crippen LogP contribution in [0.15, 0.2) is 29.2 Å². The molecule has 0 spiro atoms. The predicted octanol–water partition coefficient (Wildman–Crippen LogP) is 0.407. The average molecular weight is 261 g/mol. The maximum Gasteiger partial charge on any atom is 0.313 e. The Kier molecular flexibility index (Phi) is 3.27. The van der Waals surface area contributed by atoms with E-state index < -0.39 is 20.0 Å². The van der Waals surface area contributed by atoms with Crippen LogP contribution in [-0.4, -0.2) is 29.8 Å². The van der Waals surface area contributed by atoms with Gasteiger partial charge in [0.15, 0.2) is 5.03 Å². The van der Waals surface area contributed by atoms with E-state index in [4.69, 9.17) is 0 Å². The van der Waals surface area contributed by atoms with Crippen molar-refractivity contribution in [1.29, 1.82) is 0 Å². The van der Waals surface area contributed by atoms with Crippen molar-refractivity contribution in [3.63, 3.8) is 0 Å². The molecule has 0 saturated carbocycles. The van der Waals surface area contributed by atoms with Crippen LogP contribution in [0.4, 0.5) is 5.69 Å². The molecule has 0 saturated heterocycles. The molecule has 0 aromatic heterocycles. The van der Waals surface area contributed by atoms with Crippen LogP contribution in [-0.2, 0) is 10.0 Å². The van der Waals surface area contributed by atoms with E-state index in [2.05, 4.69) is 0 Å². The monoisotopic (exact) mass is 261 g/mol. The summed E-state index contributed by atoms with van der Waals surface area (Å²) in [5.41, 5.74) is -0.298. The molecule has 10 heteroatoms. The van der Waals surface area contributed by atoms with Crippen LogP contribution in [0, 0.1) is 20.2 Å². The summed E-state index contributed by atoms with van der Waals surface area (Å²) in [6, 6.07) is 3.79. The van der Waals surface area contributed by atoms with Gasteiger partial charge in [0, 0.05) is 12.1 Å². The maximum atomic E-state index is 11.6. The molecule has 0 radical (unpaired) electrons. The number of non-ortho nitro benzene ring substituents is 1. The van der Waals surface area contributed by atoms with E-state index in [1.54, 1.807) is 0 Å². The van der Waals surface area contributed by atoms with Crippen LogP contribution in [0.2, 0.25) is 0 Å². The Morgan fingerprint density at radius 1 is 1.12 bits per heavy atom. The first kappa shape index (κ1) is 12.8. The van der Waals surface area contributed by atoms with Gasteiger partial charge in [-0.2, -0.15) is 8.42 Å². The summed E-state index contributed by atoms with van der Waals surface area (Å²) in [6.45, 7) is 0. The van der Waals surface area contributed by atoms with Crippen molar-refractivity contribution in [3.05, 3.63) is 44.5 Å². The van der Waals surface area contributed by atoms with Gasteiger partial charge in [-0.3, -0.25) is 10.1 Å². The van der Waals surface area contributed by atoms with Crippen molar-refractivity contribution in [2.45, 2.75) is 4.90 Å². The van der Waals surface area contributed by atoms with E-state index in [1.165, 1.54) is 0 Å². The molecule has 0 aliphatic heterocycles.